The fourth-order valence-corrected chi connectivity index (χ4v) is 4.60. The first-order chi connectivity index (χ1) is 11.8. The molecule has 0 aliphatic carbocycles. The van der Waals surface area contributed by atoms with Crippen LogP contribution in [0.4, 0.5) is 0 Å². The van der Waals surface area contributed by atoms with Gasteiger partial charge in [0.15, 0.2) is 16.7 Å². The first-order valence-corrected chi connectivity index (χ1v) is 10.2. The average molecular weight is 375 g/mol. The van der Waals surface area contributed by atoms with Crippen LogP contribution in [0.25, 0.3) is 21.3 Å². The van der Waals surface area contributed by atoms with Crippen LogP contribution in [0, 0.1) is 0 Å². The fourth-order valence-electron chi connectivity index (χ4n) is 2.32. The zero-order valence-corrected chi connectivity index (χ0v) is 15.3. The molecule has 4 aromatic rings. The standard InChI is InChI=1S/C16H14N4OS3/c1-2-20-15(14-6-4-8-23-14)17-18-16(20)24-10-11-9-12(21-19-11)13-5-3-7-22-13/h3-9H,2,10H2,1H3. The van der Waals surface area contributed by atoms with Crippen LogP contribution in [0.1, 0.15) is 12.6 Å². The zero-order valence-electron chi connectivity index (χ0n) is 12.9. The van der Waals surface area contributed by atoms with Crippen molar-refractivity contribution in [1.29, 1.82) is 0 Å². The molecule has 0 spiro atoms. The van der Waals surface area contributed by atoms with Gasteiger partial charge in [-0.05, 0) is 29.8 Å². The van der Waals surface area contributed by atoms with Gasteiger partial charge in [0.2, 0.25) is 0 Å². The highest BCUT2D eigenvalue weighted by Gasteiger charge is 2.15. The minimum absolute atomic E-state index is 0.706. The topological polar surface area (TPSA) is 56.7 Å². The molecule has 0 bridgehead atoms. The second-order valence-corrected chi connectivity index (χ2v) is 7.81. The van der Waals surface area contributed by atoms with Gasteiger partial charge in [0.05, 0.1) is 15.4 Å². The van der Waals surface area contributed by atoms with Gasteiger partial charge >= 0.3 is 0 Å². The maximum atomic E-state index is 5.42. The fraction of sp³-hybridized carbons (Fsp3) is 0.188. The van der Waals surface area contributed by atoms with E-state index in [-0.39, 0.29) is 0 Å². The zero-order chi connectivity index (χ0) is 16.4. The van der Waals surface area contributed by atoms with E-state index in [1.165, 1.54) is 0 Å². The molecule has 0 unspecified atom stereocenters. The van der Waals surface area contributed by atoms with Gasteiger partial charge in [-0.1, -0.05) is 29.1 Å². The molecule has 4 rings (SSSR count). The number of thioether (sulfide) groups is 1. The lowest BCUT2D eigenvalue weighted by Crippen LogP contribution is -1.99. The van der Waals surface area contributed by atoms with Crippen molar-refractivity contribution in [3.05, 3.63) is 46.8 Å². The normalized spacial score (nSPS) is 11.2. The number of rotatable bonds is 6. The highest BCUT2D eigenvalue weighted by Crippen LogP contribution is 2.30. The van der Waals surface area contributed by atoms with Crippen LogP contribution in [0.3, 0.4) is 0 Å². The van der Waals surface area contributed by atoms with Crippen molar-refractivity contribution in [3.8, 4) is 21.3 Å². The second kappa shape index (κ2) is 6.92. The Morgan fingerprint density at radius 2 is 1.92 bits per heavy atom. The monoisotopic (exact) mass is 374 g/mol. The van der Waals surface area contributed by atoms with E-state index in [0.717, 1.165) is 38.7 Å². The minimum atomic E-state index is 0.706. The average Bonchev–Trinajstić information content (AvgIpc) is 3.40. The van der Waals surface area contributed by atoms with E-state index >= 15 is 0 Å². The smallest absolute Gasteiger partial charge is 0.191 e. The maximum absolute atomic E-state index is 5.42. The van der Waals surface area contributed by atoms with E-state index in [9.17, 15) is 0 Å². The molecule has 24 heavy (non-hydrogen) atoms. The molecule has 0 aliphatic heterocycles. The maximum Gasteiger partial charge on any atom is 0.191 e. The molecule has 0 saturated heterocycles. The summed E-state index contributed by atoms with van der Waals surface area (Å²) in [6, 6.07) is 10.1. The molecular formula is C16H14N4OS3. The Morgan fingerprint density at radius 3 is 2.62 bits per heavy atom. The van der Waals surface area contributed by atoms with Gasteiger partial charge in [-0.2, -0.15) is 0 Å². The lowest BCUT2D eigenvalue weighted by Gasteiger charge is -2.04. The lowest BCUT2D eigenvalue weighted by molar-refractivity contribution is 0.427. The van der Waals surface area contributed by atoms with Crippen LogP contribution in [-0.2, 0) is 12.3 Å². The molecule has 0 amide bonds. The molecule has 0 saturated carbocycles. The van der Waals surface area contributed by atoms with Crippen LogP contribution >= 0.6 is 34.4 Å². The van der Waals surface area contributed by atoms with Crippen molar-refractivity contribution >= 4 is 34.4 Å². The van der Waals surface area contributed by atoms with Crippen LogP contribution < -0.4 is 0 Å². The Balaban J connectivity index is 1.50. The summed E-state index contributed by atoms with van der Waals surface area (Å²) < 4.78 is 7.56. The Hall–Kier alpha value is -1.90. The molecule has 0 aromatic carbocycles. The highest BCUT2D eigenvalue weighted by molar-refractivity contribution is 7.98. The van der Waals surface area contributed by atoms with Crippen LogP contribution in [0.5, 0.6) is 0 Å². The van der Waals surface area contributed by atoms with Gasteiger partial charge < -0.3 is 9.09 Å². The summed E-state index contributed by atoms with van der Waals surface area (Å²) in [6.07, 6.45) is 0. The molecule has 8 heteroatoms. The van der Waals surface area contributed by atoms with Gasteiger partial charge in [-0.3, -0.25) is 0 Å². The van der Waals surface area contributed by atoms with E-state index in [2.05, 4.69) is 38.3 Å². The Morgan fingerprint density at radius 1 is 1.12 bits per heavy atom. The van der Waals surface area contributed by atoms with Gasteiger partial charge in [0.1, 0.15) is 0 Å². The molecular weight excluding hydrogens is 360 g/mol. The summed E-state index contributed by atoms with van der Waals surface area (Å²) in [5.74, 6) is 2.45. The first kappa shape index (κ1) is 15.6. The van der Waals surface area contributed by atoms with Gasteiger partial charge in [-0.15, -0.1) is 32.9 Å². The number of thiophene rings is 2. The number of hydrogen-bond acceptors (Lipinski definition) is 7. The SMILES string of the molecule is CCn1c(SCc2cc(-c3cccs3)on2)nnc1-c1cccs1. The van der Waals surface area contributed by atoms with Gasteiger partial charge in [-0.25, -0.2) is 0 Å². The molecule has 4 heterocycles. The summed E-state index contributed by atoms with van der Waals surface area (Å²) in [4.78, 5) is 2.23. The van der Waals surface area contributed by atoms with E-state index in [1.807, 2.05) is 29.6 Å². The van der Waals surface area contributed by atoms with Crippen molar-refractivity contribution in [2.75, 3.05) is 0 Å². The molecule has 0 fully saturated rings. The van der Waals surface area contributed by atoms with Crippen molar-refractivity contribution in [2.45, 2.75) is 24.4 Å². The van der Waals surface area contributed by atoms with E-state index in [1.54, 1.807) is 34.4 Å². The molecule has 5 nitrogen and oxygen atoms in total. The molecule has 122 valence electrons. The largest absolute Gasteiger partial charge is 0.355 e. The third-order valence-corrected chi connectivity index (χ3v) is 6.20. The number of nitrogens with zero attached hydrogens (tertiary/aromatic N) is 4. The summed E-state index contributed by atoms with van der Waals surface area (Å²) >= 11 is 4.95. The Labute approximate surface area is 151 Å². The van der Waals surface area contributed by atoms with Crippen molar-refractivity contribution in [2.24, 2.45) is 0 Å². The molecule has 4 aromatic heterocycles. The Kier molecular flexibility index (Phi) is 4.50. The first-order valence-electron chi connectivity index (χ1n) is 7.44. The van der Waals surface area contributed by atoms with Crippen LogP contribution in [0.15, 0.2) is 50.8 Å². The van der Waals surface area contributed by atoms with E-state index in [4.69, 9.17) is 4.52 Å². The van der Waals surface area contributed by atoms with Crippen LogP contribution in [-0.4, -0.2) is 19.9 Å². The third kappa shape index (κ3) is 3.04. The highest BCUT2D eigenvalue weighted by atomic mass is 32.2. The summed E-state index contributed by atoms with van der Waals surface area (Å²) in [5.41, 5.74) is 0.909. The number of aromatic nitrogens is 4. The van der Waals surface area contributed by atoms with Gasteiger partial charge in [0.25, 0.3) is 0 Å². The second-order valence-electron chi connectivity index (χ2n) is 4.98. The van der Waals surface area contributed by atoms with E-state index in [0.29, 0.717) is 5.75 Å². The van der Waals surface area contributed by atoms with E-state index < -0.39 is 0 Å². The molecule has 0 aliphatic rings. The Bertz CT molecular complexity index is 909. The predicted octanol–water partition coefficient (Wildman–Crippen LogP) is 5.04. The molecule has 0 radical (unpaired) electrons. The summed E-state index contributed by atoms with van der Waals surface area (Å²) in [5, 5.41) is 17.8. The predicted molar refractivity (Wildman–Crippen MR) is 98.4 cm³/mol. The van der Waals surface area contributed by atoms with Crippen molar-refractivity contribution in [3.63, 3.8) is 0 Å². The summed E-state index contributed by atoms with van der Waals surface area (Å²) in [7, 11) is 0. The van der Waals surface area contributed by atoms with Crippen molar-refractivity contribution < 1.29 is 4.52 Å². The van der Waals surface area contributed by atoms with Crippen molar-refractivity contribution in [1.82, 2.24) is 19.9 Å². The number of hydrogen-bond donors (Lipinski definition) is 0. The third-order valence-electron chi connectivity index (χ3n) is 3.45. The quantitative estimate of drug-likeness (QED) is 0.443. The summed E-state index contributed by atoms with van der Waals surface area (Å²) in [6.45, 7) is 2.94. The molecule has 0 atom stereocenters. The van der Waals surface area contributed by atoms with Crippen LogP contribution in [0.2, 0.25) is 0 Å². The lowest BCUT2D eigenvalue weighted by atomic mass is 10.3. The van der Waals surface area contributed by atoms with Gasteiger partial charge in [0, 0.05) is 18.4 Å². The molecule has 0 N–H and O–H groups in total. The minimum Gasteiger partial charge on any atom is -0.355 e.